The number of hydrogen-bond donors (Lipinski definition) is 4. The Balaban J connectivity index is 3.43. The molecule has 0 aromatic carbocycles. The predicted octanol–water partition coefficient (Wildman–Crippen LogP) is 2.92. The van der Waals surface area contributed by atoms with Gasteiger partial charge in [-0.1, -0.05) is 52.4 Å². The van der Waals surface area contributed by atoms with Crippen LogP contribution in [0.5, 0.6) is 0 Å². The summed E-state index contributed by atoms with van der Waals surface area (Å²) in [6.45, 7) is 4.07. The molecule has 0 atom stereocenters. The van der Waals surface area contributed by atoms with E-state index in [0.717, 1.165) is 51.4 Å². The predicted molar refractivity (Wildman–Crippen MR) is 79.8 cm³/mol. The molecule has 0 aromatic rings. The van der Waals surface area contributed by atoms with Crippen LogP contribution in [-0.2, 0) is 9.59 Å². The second kappa shape index (κ2) is 11.5. The van der Waals surface area contributed by atoms with Gasteiger partial charge in [0.15, 0.2) is 0 Å². The fourth-order valence-corrected chi connectivity index (χ4v) is 2.39. The van der Waals surface area contributed by atoms with E-state index in [2.05, 4.69) is 0 Å². The maximum absolute atomic E-state index is 11.1. The van der Waals surface area contributed by atoms with Crippen LogP contribution in [0.4, 0.5) is 0 Å². The van der Waals surface area contributed by atoms with E-state index in [4.69, 9.17) is 10.4 Å². The van der Waals surface area contributed by atoms with Crippen LogP contribution >= 0.6 is 0 Å². The Hall–Kier alpha value is -1.14. The lowest BCUT2D eigenvalue weighted by molar-refractivity contribution is -0.131. The Labute approximate surface area is 127 Å². The Kier molecular flexibility index (Phi) is 10.9. The van der Waals surface area contributed by atoms with Crippen LogP contribution in [0.1, 0.15) is 78.1 Å². The van der Waals surface area contributed by atoms with Crippen molar-refractivity contribution in [2.45, 2.75) is 78.1 Å². The molecule has 0 bridgehead atoms. The number of hydroxylamine groups is 2. The van der Waals surface area contributed by atoms with Gasteiger partial charge in [0, 0.05) is 12.8 Å². The highest BCUT2D eigenvalue weighted by Gasteiger charge is 2.21. The third kappa shape index (κ3) is 12.3. The minimum atomic E-state index is -0.327. The summed E-state index contributed by atoms with van der Waals surface area (Å²) in [5.74, 6) is -0.643. The third-order valence-electron chi connectivity index (χ3n) is 3.65. The quantitative estimate of drug-likeness (QED) is 0.253. The first-order valence-electron chi connectivity index (χ1n) is 7.77. The first kappa shape index (κ1) is 19.9. The highest BCUT2D eigenvalue weighted by Crippen LogP contribution is 2.27. The zero-order chi connectivity index (χ0) is 16.1. The van der Waals surface area contributed by atoms with Crippen molar-refractivity contribution in [3.05, 3.63) is 0 Å². The molecule has 0 heterocycles. The monoisotopic (exact) mass is 302 g/mol. The van der Waals surface area contributed by atoms with Gasteiger partial charge in [-0.3, -0.25) is 20.0 Å². The first-order chi connectivity index (χ1) is 9.91. The van der Waals surface area contributed by atoms with Crippen molar-refractivity contribution in [2.24, 2.45) is 5.41 Å². The summed E-state index contributed by atoms with van der Waals surface area (Å²) in [5.41, 5.74) is 3.23. The lowest BCUT2D eigenvalue weighted by Gasteiger charge is -2.23. The lowest BCUT2D eigenvalue weighted by Crippen LogP contribution is -2.26. The van der Waals surface area contributed by atoms with Crippen LogP contribution < -0.4 is 11.0 Å². The van der Waals surface area contributed by atoms with E-state index in [1.807, 2.05) is 13.8 Å². The molecule has 124 valence electrons. The fraction of sp³-hybridized carbons (Fsp3) is 0.867. The normalized spacial score (nSPS) is 11.2. The number of rotatable bonds is 12. The SMILES string of the molecule is CC(C)(CCCCCCCCCC(=O)NO)CC(=O)NO. The minimum Gasteiger partial charge on any atom is -0.289 e. The average molecular weight is 302 g/mol. The number of amides is 2. The van der Waals surface area contributed by atoms with Crippen LogP contribution in [-0.4, -0.2) is 22.2 Å². The summed E-state index contributed by atoms with van der Waals surface area (Å²) < 4.78 is 0. The van der Waals surface area contributed by atoms with Gasteiger partial charge in [-0.15, -0.1) is 0 Å². The molecule has 6 heteroatoms. The molecule has 0 saturated carbocycles. The van der Waals surface area contributed by atoms with E-state index in [9.17, 15) is 9.59 Å². The molecule has 0 aliphatic carbocycles. The second-order valence-corrected chi connectivity index (χ2v) is 6.39. The Morgan fingerprint density at radius 1 is 0.810 bits per heavy atom. The largest absolute Gasteiger partial charge is 0.289 e. The average Bonchev–Trinajstić information content (AvgIpc) is 2.44. The van der Waals surface area contributed by atoms with Gasteiger partial charge < -0.3 is 0 Å². The number of unbranched alkanes of at least 4 members (excludes halogenated alkanes) is 6. The van der Waals surface area contributed by atoms with Gasteiger partial charge >= 0.3 is 0 Å². The smallest absolute Gasteiger partial charge is 0.243 e. The summed E-state index contributed by atoms with van der Waals surface area (Å²) >= 11 is 0. The fourth-order valence-electron chi connectivity index (χ4n) is 2.39. The lowest BCUT2D eigenvalue weighted by atomic mass is 9.83. The van der Waals surface area contributed by atoms with Gasteiger partial charge in [0.25, 0.3) is 0 Å². The van der Waals surface area contributed by atoms with Crippen LogP contribution in [0, 0.1) is 5.41 Å². The molecule has 0 radical (unpaired) electrons. The van der Waals surface area contributed by atoms with Gasteiger partial charge in [-0.05, 0) is 18.3 Å². The van der Waals surface area contributed by atoms with E-state index >= 15 is 0 Å². The molecular formula is C15H30N2O4. The van der Waals surface area contributed by atoms with E-state index < -0.39 is 0 Å². The summed E-state index contributed by atoms with van der Waals surface area (Å²) in [7, 11) is 0. The van der Waals surface area contributed by atoms with E-state index in [1.165, 1.54) is 0 Å². The second-order valence-electron chi connectivity index (χ2n) is 6.39. The zero-order valence-electron chi connectivity index (χ0n) is 13.3. The third-order valence-corrected chi connectivity index (χ3v) is 3.65. The van der Waals surface area contributed by atoms with Gasteiger partial charge in [-0.2, -0.15) is 0 Å². The number of carbonyl (C=O) groups excluding carboxylic acids is 2. The summed E-state index contributed by atoms with van der Waals surface area (Å²) in [6.07, 6.45) is 9.16. The highest BCUT2D eigenvalue weighted by molar-refractivity contribution is 5.75. The van der Waals surface area contributed by atoms with Crippen LogP contribution in [0.2, 0.25) is 0 Å². The molecule has 0 saturated heterocycles. The molecule has 21 heavy (non-hydrogen) atoms. The molecule has 0 aliphatic heterocycles. The molecule has 0 aliphatic rings. The van der Waals surface area contributed by atoms with Crippen LogP contribution in [0.3, 0.4) is 0 Å². The van der Waals surface area contributed by atoms with Crippen LogP contribution in [0.15, 0.2) is 0 Å². The minimum absolute atomic E-state index is 0.0789. The van der Waals surface area contributed by atoms with Crippen molar-refractivity contribution < 1.29 is 20.0 Å². The molecule has 0 spiro atoms. The number of carbonyl (C=O) groups is 2. The van der Waals surface area contributed by atoms with E-state index in [0.29, 0.717) is 12.8 Å². The molecule has 0 unspecified atom stereocenters. The maximum atomic E-state index is 11.1. The van der Waals surface area contributed by atoms with Gasteiger partial charge in [-0.25, -0.2) is 11.0 Å². The standard InChI is InChI=1S/C15H30N2O4/c1-15(2,12-14(19)17-21)11-9-7-5-3-4-6-8-10-13(18)16-20/h20-21H,3-12H2,1-2H3,(H,16,18)(H,17,19). The van der Waals surface area contributed by atoms with Crippen molar-refractivity contribution >= 4 is 11.8 Å². The number of hydrogen-bond acceptors (Lipinski definition) is 4. The molecule has 4 N–H and O–H groups in total. The summed E-state index contributed by atoms with van der Waals surface area (Å²) in [4.78, 5) is 21.9. The Bertz CT molecular complexity index is 306. The Morgan fingerprint density at radius 3 is 1.81 bits per heavy atom. The molecule has 2 amide bonds. The van der Waals surface area contributed by atoms with E-state index in [1.54, 1.807) is 11.0 Å². The molecule has 0 aromatic heterocycles. The summed E-state index contributed by atoms with van der Waals surface area (Å²) in [6, 6.07) is 0. The molecule has 0 fully saturated rings. The molecule has 6 nitrogen and oxygen atoms in total. The number of nitrogens with one attached hydrogen (secondary N) is 2. The maximum Gasteiger partial charge on any atom is 0.243 e. The van der Waals surface area contributed by atoms with Gasteiger partial charge in [0.2, 0.25) is 11.8 Å². The first-order valence-corrected chi connectivity index (χ1v) is 7.77. The van der Waals surface area contributed by atoms with Crippen molar-refractivity contribution in [2.75, 3.05) is 0 Å². The van der Waals surface area contributed by atoms with E-state index in [-0.39, 0.29) is 17.2 Å². The topological polar surface area (TPSA) is 98.7 Å². The van der Waals surface area contributed by atoms with Gasteiger partial charge in [0.1, 0.15) is 0 Å². The zero-order valence-corrected chi connectivity index (χ0v) is 13.3. The van der Waals surface area contributed by atoms with Crippen molar-refractivity contribution in [1.29, 1.82) is 0 Å². The van der Waals surface area contributed by atoms with Crippen LogP contribution in [0.25, 0.3) is 0 Å². The summed E-state index contributed by atoms with van der Waals surface area (Å²) in [5, 5.41) is 16.9. The van der Waals surface area contributed by atoms with Crippen molar-refractivity contribution in [3.8, 4) is 0 Å². The Morgan fingerprint density at radius 2 is 1.29 bits per heavy atom. The van der Waals surface area contributed by atoms with Gasteiger partial charge in [0.05, 0.1) is 0 Å². The van der Waals surface area contributed by atoms with Crippen molar-refractivity contribution in [3.63, 3.8) is 0 Å². The molecular weight excluding hydrogens is 272 g/mol. The highest BCUT2D eigenvalue weighted by atomic mass is 16.5. The molecule has 0 rings (SSSR count). The van der Waals surface area contributed by atoms with Crippen molar-refractivity contribution in [1.82, 2.24) is 11.0 Å².